The van der Waals surface area contributed by atoms with Crippen LogP contribution in [0.2, 0.25) is 0 Å². The molecule has 26 heavy (non-hydrogen) atoms. The standard InChI is InChI=1S/C17H21N3O6/c1-17(2,3)26-15(24)18-8-9-19-14(23)11-6-4-5-7-12(11)20(16(19)25)10-13(21)22/h4-7,11H,8-10H2,1-3H3,(H-,18,21,22,24)/p+1. The van der Waals surface area contributed by atoms with Crippen molar-refractivity contribution in [2.75, 3.05) is 19.6 Å². The Labute approximate surface area is 150 Å². The summed E-state index contributed by atoms with van der Waals surface area (Å²) in [6, 6.07) is -0.727. The number of amides is 4. The fourth-order valence-electron chi connectivity index (χ4n) is 2.60. The van der Waals surface area contributed by atoms with E-state index in [1.807, 2.05) is 0 Å². The summed E-state index contributed by atoms with van der Waals surface area (Å²) in [5.41, 5.74) is -0.330. The zero-order valence-corrected chi connectivity index (χ0v) is 14.9. The van der Waals surface area contributed by atoms with Crippen LogP contribution in [0.3, 0.4) is 0 Å². The van der Waals surface area contributed by atoms with Gasteiger partial charge in [-0.15, -0.1) is 0 Å². The molecular weight excluding hydrogens is 342 g/mol. The molecule has 0 saturated carbocycles. The summed E-state index contributed by atoms with van der Waals surface area (Å²) in [6.07, 6.45) is 5.80. The highest BCUT2D eigenvalue weighted by Gasteiger charge is 2.47. The molecule has 0 saturated heterocycles. The van der Waals surface area contributed by atoms with E-state index in [4.69, 9.17) is 9.84 Å². The van der Waals surface area contributed by atoms with Crippen LogP contribution in [0.1, 0.15) is 20.8 Å². The maximum absolute atomic E-state index is 12.6. The van der Waals surface area contributed by atoms with Gasteiger partial charge in [-0.2, -0.15) is 14.3 Å². The first kappa shape index (κ1) is 19.4. The van der Waals surface area contributed by atoms with E-state index in [1.165, 1.54) is 0 Å². The lowest BCUT2D eigenvalue weighted by atomic mass is 9.94. The van der Waals surface area contributed by atoms with Crippen LogP contribution >= 0.6 is 0 Å². The van der Waals surface area contributed by atoms with E-state index >= 15 is 0 Å². The highest BCUT2D eigenvalue weighted by molar-refractivity contribution is 6.16. The molecule has 0 aromatic heterocycles. The van der Waals surface area contributed by atoms with Crippen molar-refractivity contribution in [3.8, 4) is 0 Å². The molecule has 2 N–H and O–H groups in total. The van der Waals surface area contributed by atoms with Crippen LogP contribution in [0, 0.1) is 5.92 Å². The minimum absolute atomic E-state index is 0.00505. The van der Waals surface area contributed by atoms with Crippen molar-refractivity contribution >= 4 is 29.7 Å². The molecule has 1 aliphatic heterocycles. The van der Waals surface area contributed by atoms with Crippen LogP contribution in [0.5, 0.6) is 0 Å². The third kappa shape index (κ3) is 4.56. The SMILES string of the molecule is CC(C)(C)OC(=O)NCCN1C(=O)C2C=CC=CC2=[N+](CC(=O)O)C1=O. The fourth-order valence-corrected chi connectivity index (χ4v) is 2.60. The third-order valence-corrected chi connectivity index (χ3v) is 3.60. The number of carboxylic acids is 1. The molecule has 0 radical (unpaired) electrons. The molecule has 2 rings (SSSR count). The summed E-state index contributed by atoms with van der Waals surface area (Å²) < 4.78 is 6.15. The number of nitrogens with one attached hydrogen (secondary N) is 1. The highest BCUT2D eigenvalue weighted by atomic mass is 16.6. The third-order valence-electron chi connectivity index (χ3n) is 3.60. The van der Waals surface area contributed by atoms with Gasteiger partial charge in [0.05, 0.1) is 6.54 Å². The van der Waals surface area contributed by atoms with Gasteiger partial charge in [-0.05, 0) is 26.8 Å². The number of rotatable bonds is 5. The monoisotopic (exact) mass is 364 g/mol. The van der Waals surface area contributed by atoms with E-state index in [2.05, 4.69) is 5.32 Å². The van der Waals surface area contributed by atoms with Crippen molar-refractivity contribution < 1.29 is 33.6 Å². The molecule has 1 heterocycles. The average Bonchev–Trinajstić information content (AvgIpc) is 2.53. The Morgan fingerprint density at radius 3 is 2.62 bits per heavy atom. The van der Waals surface area contributed by atoms with Crippen molar-refractivity contribution in [3.05, 3.63) is 24.3 Å². The van der Waals surface area contributed by atoms with Crippen LogP contribution in [-0.2, 0) is 14.3 Å². The van der Waals surface area contributed by atoms with Gasteiger partial charge in [-0.3, -0.25) is 0 Å². The van der Waals surface area contributed by atoms with Gasteiger partial charge in [-0.25, -0.2) is 14.4 Å². The van der Waals surface area contributed by atoms with Crippen molar-refractivity contribution in [2.45, 2.75) is 26.4 Å². The molecule has 9 nitrogen and oxygen atoms in total. The molecule has 0 bridgehead atoms. The number of allylic oxidation sites excluding steroid dienone is 3. The van der Waals surface area contributed by atoms with Gasteiger partial charge in [0.2, 0.25) is 0 Å². The number of imide groups is 1. The van der Waals surface area contributed by atoms with Crippen LogP contribution in [-0.4, -0.2) is 69.5 Å². The molecule has 1 aliphatic carbocycles. The number of urea groups is 1. The molecule has 0 aromatic carbocycles. The lowest BCUT2D eigenvalue weighted by Gasteiger charge is -2.26. The van der Waals surface area contributed by atoms with Gasteiger partial charge in [0.15, 0.2) is 6.54 Å². The molecular formula is C17H22N3O6+. The quantitative estimate of drug-likeness (QED) is 0.696. The molecule has 4 amide bonds. The molecule has 0 spiro atoms. The lowest BCUT2D eigenvalue weighted by Crippen LogP contribution is -2.56. The Morgan fingerprint density at radius 1 is 1.31 bits per heavy atom. The van der Waals surface area contributed by atoms with E-state index in [9.17, 15) is 19.2 Å². The van der Waals surface area contributed by atoms with Gasteiger partial charge in [-0.1, -0.05) is 18.2 Å². The summed E-state index contributed by atoms with van der Waals surface area (Å²) in [4.78, 5) is 48.9. The normalized spacial score (nSPS) is 19.5. The molecule has 140 valence electrons. The average molecular weight is 364 g/mol. The Hall–Kier alpha value is -2.97. The molecule has 2 aliphatic rings. The zero-order valence-electron chi connectivity index (χ0n) is 14.9. The summed E-state index contributed by atoms with van der Waals surface area (Å²) in [6.45, 7) is 4.51. The number of carboxylic acid groups (broad SMARTS) is 1. The lowest BCUT2D eigenvalue weighted by molar-refractivity contribution is -0.430. The Balaban J connectivity index is 2.11. The summed E-state index contributed by atoms with van der Waals surface area (Å²) in [5.74, 6) is -2.37. The zero-order chi connectivity index (χ0) is 19.5. The largest absolute Gasteiger partial charge is 0.501 e. The predicted octanol–water partition coefficient (Wildman–Crippen LogP) is 0.754. The topological polar surface area (TPSA) is 116 Å². The van der Waals surface area contributed by atoms with Gasteiger partial charge < -0.3 is 15.2 Å². The molecule has 9 heteroatoms. The number of fused-ring (bicyclic) bond motifs is 1. The predicted molar refractivity (Wildman–Crippen MR) is 90.9 cm³/mol. The maximum atomic E-state index is 12.6. The molecule has 0 fully saturated rings. The summed E-state index contributed by atoms with van der Waals surface area (Å²) in [5, 5.41) is 11.5. The number of alkyl carbamates (subject to hydrolysis) is 1. The number of nitrogens with zero attached hydrogens (tertiary/aromatic N) is 2. The number of carbonyl (C=O) groups is 4. The number of hydrogen-bond donors (Lipinski definition) is 2. The minimum atomic E-state index is -1.19. The van der Waals surface area contributed by atoms with Gasteiger partial charge in [0.1, 0.15) is 23.8 Å². The minimum Gasteiger partial charge on any atom is -0.478 e. The van der Waals surface area contributed by atoms with Crippen molar-refractivity contribution in [3.63, 3.8) is 0 Å². The molecule has 1 atom stereocenters. The Kier molecular flexibility index (Phi) is 5.59. The second-order valence-corrected chi connectivity index (χ2v) is 6.83. The van der Waals surface area contributed by atoms with Crippen LogP contribution < -0.4 is 5.32 Å². The van der Waals surface area contributed by atoms with Crippen molar-refractivity contribution in [2.24, 2.45) is 5.92 Å². The van der Waals surface area contributed by atoms with E-state index in [1.54, 1.807) is 45.1 Å². The maximum Gasteiger partial charge on any atom is 0.501 e. The fraction of sp³-hybridized carbons (Fsp3) is 0.471. The van der Waals surface area contributed by atoms with E-state index in [-0.39, 0.29) is 13.1 Å². The van der Waals surface area contributed by atoms with Crippen LogP contribution in [0.25, 0.3) is 0 Å². The number of hydrogen-bond acceptors (Lipinski definition) is 5. The van der Waals surface area contributed by atoms with E-state index in [0.29, 0.717) is 5.71 Å². The second-order valence-electron chi connectivity index (χ2n) is 6.83. The van der Waals surface area contributed by atoms with Crippen molar-refractivity contribution in [1.82, 2.24) is 10.2 Å². The summed E-state index contributed by atoms with van der Waals surface area (Å²) in [7, 11) is 0. The first-order valence-corrected chi connectivity index (χ1v) is 8.13. The molecule has 1 unspecified atom stereocenters. The molecule has 0 aromatic rings. The first-order valence-electron chi connectivity index (χ1n) is 8.13. The van der Waals surface area contributed by atoms with Gasteiger partial charge in [0.25, 0.3) is 0 Å². The number of aliphatic carboxylic acids is 1. The van der Waals surface area contributed by atoms with Crippen molar-refractivity contribution in [1.29, 1.82) is 0 Å². The summed E-state index contributed by atoms with van der Waals surface area (Å²) >= 11 is 0. The van der Waals surface area contributed by atoms with Crippen LogP contribution in [0.15, 0.2) is 24.3 Å². The smallest absolute Gasteiger partial charge is 0.478 e. The van der Waals surface area contributed by atoms with Gasteiger partial charge >= 0.3 is 24.0 Å². The Morgan fingerprint density at radius 2 is 2.00 bits per heavy atom. The van der Waals surface area contributed by atoms with Gasteiger partial charge in [0, 0.05) is 0 Å². The highest BCUT2D eigenvalue weighted by Crippen LogP contribution is 2.19. The first-order chi connectivity index (χ1) is 12.1. The Bertz CT molecular complexity index is 729. The van der Waals surface area contributed by atoms with Crippen LogP contribution in [0.4, 0.5) is 9.59 Å². The van der Waals surface area contributed by atoms with E-state index in [0.717, 1.165) is 9.48 Å². The number of ether oxygens (including phenoxy) is 1. The number of carbonyl (C=O) groups excluding carboxylic acids is 3. The van der Waals surface area contributed by atoms with E-state index < -0.39 is 42.1 Å². The second kappa shape index (κ2) is 7.51.